The molecule has 0 fully saturated rings. The van der Waals surface area contributed by atoms with Gasteiger partial charge in [-0.2, -0.15) is 0 Å². The highest BCUT2D eigenvalue weighted by Crippen LogP contribution is 2.28. The van der Waals surface area contributed by atoms with Crippen molar-refractivity contribution >= 4 is 5.97 Å². The molecule has 4 heteroatoms. The number of rotatable bonds is 4. The summed E-state index contributed by atoms with van der Waals surface area (Å²) in [7, 11) is 1.33. The van der Waals surface area contributed by atoms with Crippen molar-refractivity contribution in [3.05, 3.63) is 30.1 Å². The third-order valence-corrected chi connectivity index (χ3v) is 2.56. The number of pyridine rings is 1. The van der Waals surface area contributed by atoms with Crippen LogP contribution in [0.1, 0.15) is 25.5 Å². The molecule has 0 aliphatic carbocycles. The summed E-state index contributed by atoms with van der Waals surface area (Å²) in [6.45, 7) is 3.75. The molecule has 2 unspecified atom stereocenters. The number of nitrogens with zero attached hydrogens (tertiary/aromatic N) is 1. The van der Waals surface area contributed by atoms with Crippen molar-refractivity contribution in [1.29, 1.82) is 0 Å². The van der Waals surface area contributed by atoms with Crippen molar-refractivity contribution in [3.8, 4) is 0 Å². The number of methoxy groups -OCH3 is 1. The molecule has 1 rings (SSSR count). The Hall–Kier alpha value is -1.42. The second-order valence-electron chi connectivity index (χ2n) is 4.02. The Balaban J connectivity index is 2.92. The van der Waals surface area contributed by atoms with Gasteiger partial charge >= 0.3 is 5.97 Å². The molecule has 0 radical (unpaired) electrons. The molecule has 1 heterocycles. The van der Waals surface area contributed by atoms with Crippen molar-refractivity contribution in [3.63, 3.8) is 0 Å². The molecule has 0 saturated heterocycles. The zero-order chi connectivity index (χ0) is 12.1. The lowest BCUT2D eigenvalue weighted by molar-refractivity contribution is -0.152. The first kappa shape index (κ1) is 12.6. The standard InChI is InChI=1S/C12H17NO3/c1-8(2)10(12(15)16-3)11(14)9-5-4-6-13-7-9/h4-8,10-11,14H,1-3H3. The van der Waals surface area contributed by atoms with Gasteiger partial charge in [0, 0.05) is 12.4 Å². The molecule has 0 amide bonds. The highest BCUT2D eigenvalue weighted by atomic mass is 16.5. The van der Waals surface area contributed by atoms with Crippen LogP contribution in [0.4, 0.5) is 0 Å². The van der Waals surface area contributed by atoms with E-state index in [1.807, 2.05) is 13.8 Å². The molecule has 0 saturated carbocycles. The van der Waals surface area contributed by atoms with Gasteiger partial charge in [0.2, 0.25) is 0 Å². The number of esters is 1. The van der Waals surface area contributed by atoms with E-state index in [0.717, 1.165) is 0 Å². The van der Waals surface area contributed by atoms with Crippen LogP contribution in [-0.2, 0) is 9.53 Å². The Bertz CT molecular complexity index is 337. The molecular weight excluding hydrogens is 206 g/mol. The van der Waals surface area contributed by atoms with Gasteiger partial charge in [0.15, 0.2) is 0 Å². The number of hydrogen-bond donors (Lipinski definition) is 1. The Morgan fingerprint density at radius 3 is 2.62 bits per heavy atom. The molecule has 0 aliphatic heterocycles. The van der Waals surface area contributed by atoms with E-state index in [4.69, 9.17) is 4.74 Å². The fourth-order valence-electron chi connectivity index (χ4n) is 1.66. The first-order valence-electron chi connectivity index (χ1n) is 5.23. The van der Waals surface area contributed by atoms with Crippen LogP contribution in [0.5, 0.6) is 0 Å². The van der Waals surface area contributed by atoms with Gasteiger partial charge in [-0.15, -0.1) is 0 Å². The second kappa shape index (κ2) is 5.61. The Morgan fingerprint density at radius 2 is 2.19 bits per heavy atom. The smallest absolute Gasteiger partial charge is 0.311 e. The lowest BCUT2D eigenvalue weighted by Crippen LogP contribution is -2.28. The van der Waals surface area contributed by atoms with Crippen LogP contribution in [-0.4, -0.2) is 23.2 Å². The molecule has 4 nitrogen and oxygen atoms in total. The number of ether oxygens (including phenoxy) is 1. The van der Waals surface area contributed by atoms with E-state index < -0.39 is 18.0 Å². The van der Waals surface area contributed by atoms with Gasteiger partial charge in [-0.25, -0.2) is 0 Å². The van der Waals surface area contributed by atoms with Gasteiger partial charge in [0.1, 0.15) is 0 Å². The number of hydrogen-bond acceptors (Lipinski definition) is 4. The van der Waals surface area contributed by atoms with Gasteiger partial charge in [0.05, 0.1) is 19.1 Å². The summed E-state index contributed by atoms with van der Waals surface area (Å²) in [4.78, 5) is 15.5. The monoisotopic (exact) mass is 223 g/mol. The van der Waals surface area contributed by atoms with Gasteiger partial charge in [0.25, 0.3) is 0 Å². The van der Waals surface area contributed by atoms with Crippen LogP contribution in [0.25, 0.3) is 0 Å². The molecule has 88 valence electrons. The second-order valence-corrected chi connectivity index (χ2v) is 4.02. The van der Waals surface area contributed by atoms with Crippen LogP contribution in [0, 0.1) is 11.8 Å². The van der Waals surface area contributed by atoms with Gasteiger partial charge < -0.3 is 9.84 Å². The number of carbonyl (C=O) groups is 1. The minimum absolute atomic E-state index is 0.00246. The largest absolute Gasteiger partial charge is 0.469 e. The van der Waals surface area contributed by atoms with E-state index in [9.17, 15) is 9.90 Å². The average molecular weight is 223 g/mol. The fourth-order valence-corrected chi connectivity index (χ4v) is 1.66. The third-order valence-electron chi connectivity index (χ3n) is 2.56. The van der Waals surface area contributed by atoms with Crippen LogP contribution in [0.3, 0.4) is 0 Å². The first-order valence-corrected chi connectivity index (χ1v) is 5.23. The molecule has 1 aromatic rings. The molecule has 0 aliphatic rings. The molecule has 0 spiro atoms. The minimum Gasteiger partial charge on any atom is -0.469 e. The van der Waals surface area contributed by atoms with E-state index in [-0.39, 0.29) is 5.92 Å². The van der Waals surface area contributed by atoms with E-state index in [0.29, 0.717) is 5.56 Å². The normalized spacial score (nSPS) is 14.6. The predicted octanol–water partition coefficient (Wildman–Crippen LogP) is 1.56. The van der Waals surface area contributed by atoms with Crippen molar-refractivity contribution in [2.24, 2.45) is 11.8 Å². The molecular formula is C12H17NO3. The zero-order valence-electron chi connectivity index (χ0n) is 9.75. The maximum atomic E-state index is 11.6. The maximum Gasteiger partial charge on any atom is 0.311 e. The molecule has 0 bridgehead atoms. The zero-order valence-corrected chi connectivity index (χ0v) is 9.75. The highest BCUT2D eigenvalue weighted by Gasteiger charge is 2.31. The molecule has 1 N–H and O–H groups in total. The number of aliphatic hydroxyl groups excluding tert-OH is 1. The number of aromatic nitrogens is 1. The summed E-state index contributed by atoms with van der Waals surface area (Å²) < 4.78 is 4.70. The van der Waals surface area contributed by atoms with Crippen molar-refractivity contribution in [2.45, 2.75) is 20.0 Å². The Morgan fingerprint density at radius 1 is 1.50 bits per heavy atom. The van der Waals surface area contributed by atoms with Gasteiger partial charge in [-0.1, -0.05) is 19.9 Å². The van der Waals surface area contributed by atoms with Crippen molar-refractivity contribution in [1.82, 2.24) is 4.98 Å². The quantitative estimate of drug-likeness (QED) is 0.787. The number of carbonyl (C=O) groups excluding carboxylic acids is 1. The van der Waals surface area contributed by atoms with Crippen LogP contribution >= 0.6 is 0 Å². The van der Waals surface area contributed by atoms with Crippen LogP contribution in [0.15, 0.2) is 24.5 Å². The highest BCUT2D eigenvalue weighted by molar-refractivity contribution is 5.73. The lowest BCUT2D eigenvalue weighted by atomic mass is 9.87. The van der Waals surface area contributed by atoms with Crippen molar-refractivity contribution in [2.75, 3.05) is 7.11 Å². The minimum atomic E-state index is -0.874. The van der Waals surface area contributed by atoms with Gasteiger partial charge in [-0.05, 0) is 17.5 Å². The predicted molar refractivity (Wildman–Crippen MR) is 59.5 cm³/mol. The summed E-state index contributed by atoms with van der Waals surface area (Å²) in [6.07, 6.45) is 2.31. The molecule has 1 aromatic heterocycles. The van der Waals surface area contributed by atoms with Gasteiger partial charge in [-0.3, -0.25) is 9.78 Å². The summed E-state index contributed by atoms with van der Waals surface area (Å²) in [5.74, 6) is -0.955. The number of aliphatic hydroxyl groups is 1. The maximum absolute atomic E-state index is 11.6. The van der Waals surface area contributed by atoms with Crippen molar-refractivity contribution < 1.29 is 14.6 Å². The third kappa shape index (κ3) is 2.79. The van der Waals surface area contributed by atoms with E-state index in [1.165, 1.54) is 7.11 Å². The Labute approximate surface area is 95.3 Å². The average Bonchev–Trinajstić information content (AvgIpc) is 2.29. The summed E-state index contributed by atoms with van der Waals surface area (Å²) in [5.41, 5.74) is 0.631. The Kier molecular flexibility index (Phi) is 4.43. The SMILES string of the molecule is COC(=O)C(C(C)C)C(O)c1cccnc1. The molecule has 16 heavy (non-hydrogen) atoms. The van der Waals surface area contributed by atoms with E-state index in [2.05, 4.69) is 4.98 Å². The van der Waals surface area contributed by atoms with Crippen LogP contribution in [0.2, 0.25) is 0 Å². The first-order chi connectivity index (χ1) is 7.57. The fraction of sp³-hybridized carbons (Fsp3) is 0.500. The molecule has 0 aromatic carbocycles. The van der Waals surface area contributed by atoms with E-state index in [1.54, 1.807) is 24.5 Å². The lowest BCUT2D eigenvalue weighted by Gasteiger charge is -2.23. The summed E-state index contributed by atoms with van der Waals surface area (Å²) >= 11 is 0. The molecule has 2 atom stereocenters. The topological polar surface area (TPSA) is 59.4 Å². The van der Waals surface area contributed by atoms with Crippen LogP contribution < -0.4 is 0 Å². The summed E-state index contributed by atoms with van der Waals surface area (Å²) in [6, 6.07) is 3.48. The summed E-state index contributed by atoms with van der Waals surface area (Å²) in [5, 5.41) is 10.1. The van der Waals surface area contributed by atoms with E-state index >= 15 is 0 Å².